The van der Waals surface area contributed by atoms with Crippen LogP contribution in [0.3, 0.4) is 0 Å². The van der Waals surface area contributed by atoms with E-state index in [1.165, 1.54) is 6.26 Å². The van der Waals surface area contributed by atoms with Gasteiger partial charge in [0.25, 0.3) is 0 Å². The Balaban J connectivity index is 2.50. The summed E-state index contributed by atoms with van der Waals surface area (Å²) < 4.78 is 24.3. The summed E-state index contributed by atoms with van der Waals surface area (Å²) in [5, 5.41) is 0. The summed E-state index contributed by atoms with van der Waals surface area (Å²) in [4.78, 5) is 0. The van der Waals surface area contributed by atoms with Crippen LogP contribution in [0, 0.1) is 0 Å². The highest BCUT2D eigenvalue weighted by Gasteiger charge is 2.23. The maximum Gasteiger partial charge on any atom is 0.209 e. The molecule has 0 aromatic heterocycles. The lowest BCUT2D eigenvalue weighted by molar-refractivity contribution is 0.361. The summed E-state index contributed by atoms with van der Waals surface area (Å²) in [5.74, 6) is 0. The van der Waals surface area contributed by atoms with Gasteiger partial charge in [-0.25, -0.2) is 13.1 Å². The van der Waals surface area contributed by atoms with E-state index in [0.717, 1.165) is 25.7 Å². The van der Waals surface area contributed by atoms with Crippen molar-refractivity contribution in [3.63, 3.8) is 0 Å². The van der Waals surface area contributed by atoms with Crippen LogP contribution in [-0.4, -0.2) is 26.8 Å². The Morgan fingerprint density at radius 1 is 1.33 bits per heavy atom. The van der Waals surface area contributed by atoms with Gasteiger partial charge in [0.2, 0.25) is 10.0 Å². The molecule has 0 aliphatic heterocycles. The first-order valence-corrected chi connectivity index (χ1v) is 6.11. The normalized spacial score (nSPS) is 31.8. The molecule has 4 nitrogen and oxygen atoms in total. The molecule has 1 aliphatic rings. The van der Waals surface area contributed by atoms with Crippen LogP contribution in [0.25, 0.3) is 0 Å². The molecule has 0 aromatic carbocycles. The molecule has 1 unspecified atom stereocenters. The first kappa shape index (κ1) is 9.95. The van der Waals surface area contributed by atoms with Crippen molar-refractivity contribution in [1.29, 1.82) is 0 Å². The van der Waals surface area contributed by atoms with Gasteiger partial charge in [0.15, 0.2) is 0 Å². The quantitative estimate of drug-likeness (QED) is 0.636. The molecule has 0 radical (unpaired) electrons. The van der Waals surface area contributed by atoms with E-state index in [9.17, 15) is 8.42 Å². The van der Waals surface area contributed by atoms with Gasteiger partial charge < -0.3 is 5.73 Å². The van der Waals surface area contributed by atoms with Gasteiger partial charge in [-0.1, -0.05) is 12.8 Å². The Labute approximate surface area is 73.6 Å². The zero-order valence-electron chi connectivity index (χ0n) is 7.29. The highest BCUT2D eigenvalue weighted by molar-refractivity contribution is 7.88. The van der Waals surface area contributed by atoms with Gasteiger partial charge in [-0.15, -0.1) is 0 Å². The zero-order chi connectivity index (χ0) is 9.19. The molecule has 0 amide bonds. The molecule has 0 bridgehead atoms. The van der Waals surface area contributed by atoms with E-state index < -0.39 is 10.0 Å². The molecule has 1 fully saturated rings. The van der Waals surface area contributed by atoms with Crippen LogP contribution in [0.1, 0.15) is 25.7 Å². The van der Waals surface area contributed by atoms with Gasteiger partial charge in [0.1, 0.15) is 0 Å². The second kappa shape index (κ2) is 3.72. The second-order valence-electron chi connectivity index (χ2n) is 3.44. The van der Waals surface area contributed by atoms with Crippen molar-refractivity contribution < 1.29 is 8.42 Å². The molecule has 3 N–H and O–H groups in total. The minimum atomic E-state index is -3.09. The van der Waals surface area contributed by atoms with Crippen molar-refractivity contribution in [2.75, 3.05) is 6.26 Å². The van der Waals surface area contributed by atoms with Crippen molar-refractivity contribution in [2.24, 2.45) is 5.73 Å². The summed E-state index contributed by atoms with van der Waals surface area (Å²) in [6.45, 7) is 0. The molecular weight excluding hydrogens is 176 g/mol. The highest BCUT2D eigenvalue weighted by Crippen LogP contribution is 2.17. The van der Waals surface area contributed by atoms with Crippen LogP contribution in [0.4, 0.5) is 0 Å². The molecule has 0 heterocycles. The van der Waals surface area contributed by atoms with Gasteiger partial charge >= 0.3 is 0 Å². The van der Waals surface area contributed by atoms with Gasteiger partial charge in [-0.05, 0) is 12.8 Å². The molecule has 1 aliphatic carbocycles. The maximum absolute atomic E-state index is 10.9. The third-order valence-corrected chi connectivity index (χ3v) is 2.92. The number of sulfonamides is 1. The fourth-order valence-electron chi connectivity index (χ4n) is 1.58. The van der Waals surface area contributed by atoms with Gasteiger partial charge in [-0.3, -0.25) is 0 Å². The minimum absolute atomic E-state index is 0.00604. The maximum atomic E-state index is 10.9. The van der Waals surface area contributed by atoms with Crippen molar-refractivity contribution in [3.8, 4) is 0 Å². The van der Waals surface area contributed by atoms with Gasteiger partial charge in [-0.2, -0.15) is 0 Å². The van der Waals surface area contributed by atoms with E-state index in [4.69, 9.17) is 5.73 Å². The molecular formula is C7H16N2O2S. The Bertz CT molecular complexity index is 238. The van der Waals surface area contributed by atoms with E-state index >= 15 is 0 Å². The van der Waals surface area contributed by atoms with Crippen LogP contribution in [-0.2, 0) is 10.0 Å². The molecule has 12 heavy (non-hydrogen) atoms. The van der Waals surface area contributed by atoms with E-state index in [1.54, 1.807) is 0 Å². The van der Waals surface area contributed by atoms with Crippen molar-refractivity contribution in [3.05, 3.63) is 0 Å². The fourth-order valence-corrected chi connectivity index (χ4v) is 2.42. The molecule has 2 atom stereocenters. The smallest absolute Gasteiger partial charge is 0.209 e. The summed E-state index contributed by atoms with van der Waals surface area (Å²) in [6.07, 6.45) is 5.15. The average Bonchev–Trinajstić information content (AvgIpc) is 1.91. The van der Waals surface area contributed by atoms with E-state index in [1.807, 2.05) is 0 Å². The van der Waals surface area contributed by atoms with E-state index in [-0.39, 0.29) is 12.1 Å². The Morgan fingerprint density at radius 2 is 1.92 bits per heavy atom. The van der Waals surface area contributed by atoms with Crippen LogP contribution in [0.5, 0.6) is 0 Å². The number of hydrogen-bond acceptors (Lipinski definition) is 3. The Hall–Kier alpha value is -0.130. The molecule has 72 valence electrons. The van der Waals surface area contributed by atoms with E-state index in [2.05, 4.69) is 4.72 Å². The summed E-state index contributed by atoms with van der Waals surface area (Å²) >= 11 is 0. The molecule has 1 saturated carbocycles. The lowest BCUT2D eigenvalue weighted by atomic mass is 9.92. The molecule has 5 heteroatoms. The topological polar surface area (TPSA) is 72.2 Å². The van der Waals surface area contributed by atoms with Crippen molar-refractivity contribution in [2.45, 2.75) is 37.8 Å². The summed E-state index contributed by atoms with van der Waals surface area (Å²) in [7, 11) is -3.09. The van der Waals surface area contributed by atoms with Crippen LogP contribution < -0.4 is 10.5 Å². The minimum Gasteiger partial charge on any atom is -0.326 e. The van der Waals surface area contributed by atoms with Crippen molar-refractivity contribution in [1.82, 2.24) is 4.72 Å². The lowest BCUT2D eigenvalue weighted by Gasteiger charge is -2.28. The van der Waals surface area contributed by atoms with Crippen LogP contribution >= 0.6 is 0 Å². The predicted octanol–water partition coefficient (Wildman–Crippen LogP) is -0.195. The molecule has 0 aromatic rings. The van der Waals surface area contributed by atoms with Crippen LogP contribution in [0.2, 0.25) is 0 Å². The SMILES string of the molecule is CS(=O)(=O)N[C@@H]1CCCCC1N. The largest absolute Gasteiger partial charge is 0.326 e. The number of rotatable bonds is 2. The standard InChI is InChI=1S/C7H16N2O2S/c1-12(10,11)9-7-5-3-2-4-6(7)8/h6-7,9H,2-5,8H2,1H3/t6?,7-/m1/s1. The van der Waals surface area contributed by atoms with Gasteiger partial charge in [0, 0.05) is 12.1 Å². The molecule has 0 saturated heterocycles. The highest BCUT2D eigenvalue weighted by atomic mass is 32.2. The predicted molar refractivity (Wildman–Crippen MR) is 48.2 cm³/mol. The van der Waals surface area contributed by atoms with E-state index in [0.29, 0.717) is 0 Å². The first-order chi connectivity index (χ1) is 5.49. The fraction of sp³-hybridized carbons (Fsp3) is 1.00. The number of nitrogens with one attached hydrogen (secondary N) is 1. The molecule has 1 rings (SSSR count). The average molecular weight is 192 g/mol. The number of nitrogens with two attached hydrogens (primary N) is 1. The number of hydrogen-bond donors (Lipinski definition) is 2. The Morgan fingerprint density at radius 3 is 2.42 bits per heavy atom. The van der Waals surface area contributed by atoms with Gasteiger partial charge in [0.05, 0.1) is 6.26 Å². The third-order valence-electron chi connectivity index (χ3n) is 2.18. The first-order valence-electron chi connectivity index (χ1n) is 4.22. The second-order valence-corrected chi connectivity index (χ2v) is 5.22. The zero-order valence-corrected chi connectivity index (χ0v) is 8.10. The third kappa shape index (κ3) is 3.08. The Kier molecular flexibility index (Phi) is 3.09. The summed E-state index contributed by atoms with van der Waals surface area (Å²) in [6, 6.07) is -0.0535. The molecule has 0 spiro atoms. The van der Waals surface area contributed by atoms with Crippen molar-refractivity contribution >= 4 is 10.0 Å². The summed E-state index contributed by atoms with van der Waals surface area (Å²) in [5.41, 5.74) is 5.76. The monoisotopic (exact) mass is 192 g/mol. The lowest BCUT2D eigenvalue weighted by Crippen LogP contribution is -2.48. The van der Waals surface area contributed by atoms with Crippen LogP contribution in [0.15, 0.2) is 0 Å².